The lowest BCUT2D eigenvalue weighted by Crippen LogP contribution is -1.86. The molecule has 1 aliphatic rings. The standard InChI is InChI=1S/C13H16.CH4/c1-3-4-12-9-10(2)5-8-13(12)11-6-7-11;/h3-5,8-9,11H,6-7H2,1-2H3;1H4/b4-3-;. The third-order valence-electron chi connectivity index (χ3n) is 2.61. The van der Waals surface area contributed by atoms with Gasteiger partial charge in [-0.2, -0.15) is 0 Å². The van der Waals surface area contributed by atoms with E-state index < -0.39 is 0 Å². The highest BCUT2D eigenvalue weighted by Gasteiger charge is 2.24. The molecular formula is C14H20. The molecule has 1 saturated carbocycles. The summed E-state index contributed by atoms with van der Waals surface area (Å²) >= 11 is 0. The molecule has 0 heterocycles. The van der Waals surface area contributed by atoms with Crippen LogP contribution in [0.2, 0.25) is 0 Å². The van der Waals surface area contributed by atoms with Crippen LogP contribution in [-0.2, 0) is 0 Å². The molecule has 0 amide bonds. The molecule has 0 nitrogen and oxygen atoms in total. The van der Waals surface area contributed by atoms with Crippen molar-refractivity contribution in [2.24, 2.45) is 0 Å². The molecule has 0 bridgehead atoms. The van der Waals surface area contributed by atoms with Gasteiger partial charge in [-0.25, -0.2) is 0 Å². The van der Waals surface area contributed by atoms with Gasteiger partial charge in [-0.05, 0) is 43.7 Å². The Morgan fingerprint density at radius 3 is 2.57 bits per heavy atom. The highest BCUT2D eigenvalue weighted by Crippen LogP contribution is 2.42. The van der Waals surface area contributed by atoms with Gasteiger partial charge in [-0.3, -0.25) is 0 Å². The first-order valence-electron chi connectivity index (χ1n) is 5.04. The topological polar surface area (TPSA) is 0 Å². The minimum atomic E-state index is 0. The van der Waals surface area contributed by atoms with Crippen LogP contribution in [0.1, 0.15) is 49.8 Å². The van der Waals surface area contributed by atoms with E-state index in [4.69, 9.17) is 0 Å². The van der Waals surface area contributed by atoms with E-state index >= 15 is 0 Å². The van der Waals surface area contributed by atoms with E-state index in [2.05, 4.69) is 44.2 Å². The van der Waals surface area contributed by atoms with Crippen LogP contribution in [0.5, 0.6) is 0 Å². The summed E-state index contributed by atoms with van der Waals surface area (Å²) < 4.78 is 0. The fourth-order valence-corrected chi connectivity index (χ4v) is 1.78. The number of hydrogen-bond donors (Lipinski definition) is 0. The smallest absolute Gasteiger partial charge is 0.0156 e. The van der Waals surface area contributed by atoms with E-state index in [1.165, 1.54) is 24.0 Å². The van der Waals surface area contributed by atoms with Gasteiger partial charge in [0.1, 0.15) is 0 Å². The molecule has 2 rings (SSSR count). The predicted molar refractivity (Wildman–Crippen MR) is 64.6 cm³/mol. The molecule has 1 aromatic carbocycles. The molecule has 0 spiro atoms. The molecule has 0 heteroatoms. The van der Waals surface area contributed by atoms with Crippen molar-refractivity contribution in [3.8, 4) is 0 Å². The molecule has 0 saturated heterocycles. The lowest BCUT2D eigenvalue weighted by Gasteiger charge is -2.05. The van der Waals surface area contributed by atoms with E-state index in [1.54, 1.807) is 5.56 Å². The van der Waals surface area contributed by atoms with Gasteiger partial charge in [0, 0.05) is 0 Å². The van der Waals surface area contributed by atoms with Crippen LogP contribution in [0.4, 0.5) is 0 Å². The largest absolute Gasteiger partial charge is 0.0871 e. The minimum Gasteiger partial charge on any atom is -0.0871 e. The van der Waals surface area contributed by atoms with Crippen LogP contribution < -0.4 is 0 Å². The Balaban J connectivity index is 0.000000980. The molecule has 0 N–H and O–H groups in total. The molecule has 14 heavy (non-hydrogen) atoms. The predicted octanol–water partition coefficient (Wildman–Crippen LogP) is 4.54. The fourth-order valence-electron chi connectivity index (χ4n) is 1.78. The first-order chi connectivity index (χ1) is 6.31. The minimum absolute atomic E-state index is 0. The van der Waals surface area contributed by atoms with Gasteiger partial charge >= 0.3 is 0 Å². The normalized spacial score (nSPS) is 15.6. The van der Waals surface area contributed by atoms with Crippen molar-refractivity contribution in [1.29, 1.82) is 0 Å². The Hall–Kier alpha value is -1.04. The number of rotatable bonds is 2. The summed E-state index contributed by atoms with van der Waals surface area (Å²) in [5.41, 5.74) is 4.33. The first-order valence-corrected chi connectivity index (χ1v) is 5.04. The summed E-state index contributed by atoms with van der Waals surface area (Å²) in [5, 5.41) is 0. The Kier molecular flexibility index (Phi) is 3.51. The maximum Gasteiger partial charge on any atom is -0.0156 e. The fraction of sp³-hybridized carbons (Fsp3) is 0.429. The molecule has 0 aromatic heterocycles. The van der Waals surface area contributed by atoms with Crippen molar-refractivity contribution in [2.75, 3.05) is 0 Å². The quantitative estimate of drug-likeness (QED) is 0.639. The van der Waals surface area contributed by atoms with Gasteiger partial charge in [0.25, 0.3) is 0 Å². The zero-order valence-corrected chi connectivity index (χ0v) is 8.38. The van der Waals surface area contributed by atoms with Crippen LogP contribution in [-0.4, -0.2) is 0 Å². The number of allylic oxidation sites excluding steroid dienone is 1. The molecular weight excluding hydrogens is 168 g/mol. The average molecular weight is 188 g/mol. The van der Waals surface area contributed by atoms with Crippen molar-refractivity contribution >= 4 is 6.08 Å². The van der Waals surface area contributed by atoms with Crippen molar-refractivity contribution < 1.29 is 0 Å². The average Bonchev–Trinajstić information content (AvgIpc) is 2.88. The van der Waals surface area contributed by atoms with Gasteiger partial charge in [-0.15, -0.1) is 0 Å². The third-order valence-corrected chi connectivity index (χ3v) is 2.61. The van der Waals surface area contributed by atoms with E-state index in [-0.39, 0.29) is 7.43 Å². The second kappa shape index (κ2) is 4.45. The molecule has 0 unspecified atom stereocenters. The zero-order valence-electron chi connectivity index (χ0n) is 8.38. The molecule has 0 atom stereocenters. The molecule has 0 aliphatic heterocycles. The zero-order chi connectivity index (χ0) is 9.26. The maximum absolute atomic E-state index is 2.29. The summed E-state index contributed by atoms with van der Waals surface area (Å²) in [5.74, 6) is 0.854. The van der Waals surface area contributed by atoms with E-state index in [1.807, 2.05) is 0 Å². The molecule has 0 radical (unpaired) electrons. The summed E-state index contributed by atoms with van der Waals surface area (Å²) in [7, 11) is 0. The second-order valence-corrected chi connectivity index (χ2v) is 3.91. The molecule has 1 aromatic rings. The summed E-state index contributed by atoms with van der Waals surface area (Å²) in [4.78, 5) is 0. The summed E-state index contributed by atoms with van der Waals surface area (Å²) in [6.45, 7) is 4.24. The van der Waals surface area contributed by atoms with Crippen LogP contribution in [0.3, 0.4) is 0 Å². The van der Waals surface area contributed by atoms with Gasteiger partial charge in [-0.1, -0.05) is 43.3 Å². The van der Waals surface area contributed by atoms with E-state index in [0.717, 1.165) is 5.92 Å². The number of benzene rings is 1. The summed E-state index contributed by atoms with van der Waals surface area (Å²) in [6.07, 6.45) is 7.11. The van der Waals surface area contributed by atoms with E-state index in [9.17, 15) is 0 Å². The van der Waals surface area contributed by atoms with Crippen molar-refractivity contribution in [1.82, 2.24) is 0 Å². The van der Waals surface area contributed by atoms with Gasteiger partial charge < -0.3 is 0 Å². The van der Waals surface area contributed by atoms with Gasteiger partial charge in [0.05, 0.1) is 0 Å². The second-order valence-electron chi connectivity index (χ2n) is 3.91. The molecule has 76 valence electrons. The Morgan fingerprint density at radius 1 is 1.29 bits per heavy atom. The SMILES string of the molecule is C.C/C=C\c1cc(C)ccc1C1CC1. The summed E-state index contributed by atoms with van der Waals surface area (Å²) in [6, 6.07) is 6.80. The Labute approximate surface area is 87.7 Å². The van der Waals surface area contributed by atoms with Crippen molar-refractivity contribution in [3.63, 3.8) is 0 Å². The number of hydrogen-bond acceptors (Lipinski definition) is 0. The van der Waals surface area contributed by atoms with Gasteiger partial charge in [0.15, 0.2) is 0 Å². The monoisotopic (exact) mass is 188 g/mol. The van der Waals surface area contributed by atoms with Crippen molar-refractivity contribution in [2.45, 2.75) is 40.0 Å². The first kappa shape index (κ1) is 11.0. The van der Waals surface area contributed by atoms with Crippen molar-refractivity contribution in [3.05, 3.63) is 41.0 Å². The molecule has 1 aliphatic carbocycles. The van der Waals surface area contributed by atoms with Crippen LogP contribution in [0.25, 0.3) is 6.08 Å². The van der Waals surface area contributed by atoms with Crippen LogP contribution in [0, 0.1) is 6.92 Å². The number of aryl methyl sites for hydroxylation is 1. The third kappa shape index (κ3) is 2.25. The highest BCUT2D eigenvalue weighted by atomic mass is 14.3. The van der Waals surface area contributed by atoms with Crippen LogP contribution in [0.15, 0.2) is 24.3 Å². The highest BCUT2D eigenvalue weighted by molar-refractivity contribution is 5.56. The van der Waals surface area contributed by atoms with Crippen LogP contribution >= 0.6 is 0 Å². The lowest BCUT2D eigenvalue weighted by atomic mass is 10.0. The Bertz CT molecular complexity index is 330. The van der Waals surface area contributed by atoms with E-state index in [0.29, 0.717) is 0 Å². The maximum atomic E-state index is 2.29. The Morgan fingerprint density at radius 2 is 2.00 bits per heavy atom. The van der Waals surface area contributed by atoms with Gasteiger partial charge in [0.2, 0.25) is 0 Å². The molecule has 1 fully saturated rings. The lowest BCUT2D eigenvalue weighted by molar-refractivity contribution is 1.12.